The van der Waals surface area contributed by atoms with Crippen molar-refractivity contribution in [1.29, 1.82) is 0 Å². The monoisotopic (exact) mass is 283 g/mol. The molecule has 2 aromatic rings. The Morgan fingerprint density at radius 1 is 1.10 bits per heavy atom. The fourth-order valence-electron chi connectivity index (χ4n) is 2.37. The molecule has 3 rings (SSSR count). The first kappa shape index (κ1) is 13.5. The minimum absolute atomic E-state index is 0.0396. The van der Waals surface area contributed by atoms with Crippen molar-refractivity contribution in [3.05, 3.63) is 47.9 Å². The van der Waals surface area contributed by atoms with E-state index in [1.165, 1.54) is 0 Å². The smallest absolute Gasteiger partial charge is 0.255 e. The maximum atomic E-state index is 12.3. The summed E-state index contributed by atoms with van der Waals surface area (Å²) in [5, 5.41) is 8.27. The molecule has 1 aliphatic heterocycles. The van der Waals surface area contributed by atoms with Crippen LogP contribution >= 0.6 is 0 Å². The zero-order chi connectivity index (χ0) is 14.7. The van der Waals surface area contributed by atoms with E-state index in [0.717, 1.165) is 24.6 Å². The highest BCUT2D eigenvalue weighted by Crippen LogP contribution is 2.14. The van der Waals surface area contributed by atoms with Crippen LogP contribution in [0.5, 0.6) is 0 Å². The highest BCUT2D eigenvalue weighted by molar-refractivity contribution is 5.94. The summed E-state index contributed by atoms with van der Waals surface area (Å²) in [7, 11) is 0. The van der Waals surface area contributed by atoms with Crippen molar-refractivity contribution in [1.82, 2.24) is 20.1 Å². The van der Waals surface area contributed by atoms with Gasteiger partial charge in [-0.2, -0.15) is 5.10 Å². The molecular formula is C15H17N5O. The Labute approximate surface area is 123 Å². The highest BCUT2D eigenvalue weighted by Gasteiger charge is 2.22. The lowest BCUT2D eigenvalue weighted by atomic mass is 10.2. The van der Waals surface area contributed by atoms with Gasteiger partial charge in [-0.05, 0) is 31.2 Å². The summed E-state index contributed by atoms with van der Waals surface area (Å²) < 4.78 is 0. The molecule has 1 aliphatic rings. The molecule has 0 unspecified atom stereocenters. The molecule has 6 heteroatoms. The third-order valence-electron chi connectivity index (χ3n) is 3.58. The van der Waals surface area contributed by atoms with E-state index in [-0.39, 0.29) is 5.91 Å². The summed E-state index contributed by atoms with van der Waals surface area (Å²) in [4.78, 5) is 20.3. The standard InChI is InChI=1S/C15H17N5O/c1-12-4-5-14(18-17-12)19-7-9-20(10-8-19)15(21)13-3-2-6-16-11-13/h2-6,11H,7-10H2,1H3. The second kappa shape index (κ2) is 5.87. The van der Waals surface area contributed by atoms with E-state index in [0.29, 0.717) is 18.7 Å². The number of rotatable bonds is 2. The molecule has 0 atom stereocenters. The highest BCUT2D eigenvalue weighted by atomic mass is 16.2. The summed E-state index contributed by atoms with van der Waals surface area (Å²) >= 11 is 0. The molecule has 2 aromatic heterocycles. The quantitative estimate of drug-likeness (QED) is 0.827. The Morgan fingerprint density at radius 2 is 1.90 bits per heavy atom. The van der Waals surface area contributed by atoms with E-state index < -0.39 is 0 Å². The van der Waals surface area contributed by atoms with Crippen LogP contribution in [0.3, 0.4) is 0 Å². The average molecular weight is 283 g/mol. The van der Waals surface area contributed by atoms with Gasteiger partial charge in [0.15, 0.2) is 5.82 Å². The molecule has 1 fully saturated rings. The van der Waals surface area contributed by atoms with E-state index in [2.05, 4.69) is 20.1 Å². The molecule has 1 saturated heterocycles. The number of anilines is 1. The Kier molecular flexibility index (Phi) is 3.77. The second-order valence-electron chi connectivity index (χ2n) is 5.05. The van der Waals surface area contributed by atoms with Gasteiger partial charge in [-0.3, -0.25) is 9.78 Å². The number of aromatic nitrogens is 3. The first-order valence-electron chi connectivity index (χ1n) is 6.98. The first-order chi connectivity index (χ1) is 10.2. The number of hydrogen-bond donors (Lipinski definition) is 0. The molecule has 21 heavy (non-hydrogen) atoms. The molecule has 0 saturated carbocycles. The van der Waals surface area contributed by atoms with Crippen LogP contribution in [-0.2, 0) is 0 Å². The Bertz CT molecular complexity index is 606. The molecule has 3 heterocycles. The van der Waals surface area contributed by atoms with Gasteiger partial charge in [-0.15, -0.1) is 5.10 Å². The lowest BCUT2D eigenvalue weighted by molar-refractivity contribution is 0.0746. The van der Waals surface area contributed by atoms with Crippen LogP contribution in [0.2, 0.25) is 0 Å². The Hall–Kier alpha value is -2.50. The van der Waals surface area contributed by atoms with Crippen molar-refractivity contribution in [2.24, 2.45) is 0 Å². The molecular weight excluding hydrogens is 266 g/mol. The molecule has 0 aliphatic carbocycles. The Balaban J connectivity index is 1.63. The lowest BCUT2D eigenvalue weighted by Gasteiger charge is -2.35. The van der Waals surface area contributed by atoms with Crippen LogP contribution in [0.15, 0.2) is 36.7 Å². The largest absolute Gasteiger partial charge is 0.352 e. The van der Waals surface area contributed by atoms with Crippen molar-refractivity contribution >= 4 is 11.7 Å². The molecule has 1 amide bonds. The third kappa shape index (κ3) is 2.99. The topological polar surface area (TPSA) is 62.2 Å². The predicted octanol–water partition coefficient (Wildman–Crippen LogP) is 1.14. The van der Waals surface area contributed by atoms with Crippen LogP contribution in [-0.4, -0.2) is 52.2 Å². The molecule has 6 nitrogen and oxygen atoms in total. The fraction of sp³-hybridized carbons (Fsp3) is 0.333. The number of nitrogens with zero attached hydrogens (tertiary/aromatic N) is 5. The number of carbonyl (C=O) groups excluding carboxylic acids is 1. The van der Waals surface area contributed by atoms with Gasteiger partial charge in [-0.1, -0.05) is 0 Å². The summed E-state index contributed by atoms with van der Waals surface area (Å²) in [5.41, 5.74) is 1.55. The zero-order valence-corrected chi connectivity index (χ0v) is 11.9. The minimum Gasteiger partial charge on any atom is -0.352 e. The van der Waals surface area contributed by atoms with Gasteiger partial charge in [0.2, 0.25) is 0 Å². The number of amides is 1. The fourth-order valence-corrected chi connectivity index (χ4v) is 2.37. The van der Waals surface area contributed by atoms with Gasteiger partial charge in [-0.25, -0.2) is 0 Å². The van der Waals surface area contributed by atoms with Gasteiger partial charge in [0.25, 0.3) is 5.91 Å². The zero-order valence-electron chi connectivity index (χ0n) is 11.9. The number of carbonyl (C=O) groups is 1. The average Bonchev–Trinajstić information content (AvgIpc) is 2.56. The van der Waals surface area contributed by atoms with Gasteiger partial charge in [0.05, 0.1) is 11.3 Å². The van der Waals surface area contributed by atoms with Gasteiger partial charge < -0.3 is 9.80 Å². The van der Waals surface area contributed by atoms with E-state index in [1.54, 1.807) is 24.5 Å². The maximum Gasteiger partial charge on any atom is 0.255 e. The number of hydrogen-bond acceptors (Lipinski definition) is 5. The van der Waals surface area contributed by atoms with Gasteiger partial charge >= 0.3 is 0 Å². The van der Waals surface area contributed by atoms with Crippen molar-refractivity contribution in [3.8, 4) is 0 Å². The predicted molar refractivity (Wildman–Crippen MR) is 79.1 cm³/mol. The summed E-state index contributed by atoms with van der Waals surface area (Å²) in [5.74, 6) is 0.909. The van der Waals surface area contributed by atoms with Crippen molar-refractivity contribution in [2.75, 3.05) is 31.1 Å². The van der Waals surface area contributed by atoms with Crippen LogP contribution < -0.4 is 4.90 Å². The summed E-state index contributed by atoms with van der Waals surface area (Å²) in [6.45, 7) is 4.82. The molecule has 0 radical (unpaired) electrons. The molecule has 108 valence electrons. The molecule has 0 N–H and O–H groups in total. The number of pyridine rings is 1. The van der Waals surface area contributed by atoms with Crippen molar-refractivity contribution < 1.29 is 4.79 Å². The summed E-state index contributed by atoms with van der Waals surface area (Å²) in [6.07, 6.45) is 3.28. The Morgan fingerprint density at radius 3 is 2.52 bits per heavy atom. The first-order valence-corrected chi connectivity index (χ1v) is 6.98. The molecule has 0 spiro atoms. The van der Waals surface area contributed by atoms with Crippen molar-refractivity contribution in [2.45, 2.75) is 6.92 Å². The normalized spacial score (nSPS) is 15.1. The number of aryl methyl sites for hydroxylation is 1. The maximum absolute atomic E-state index is 12.3. The second-order valence-corrected chi connectivity index (χ2v) is 5.05. The van der Waals surface area contributed by atoms with E-state index in [1.807, 2.05) is 24.0 Å². The molecule has 0 aromatic carbocycles. The summed E-state index contributed by atoms with van der Waals surface area (Å²) in [6, 6.07) is 7.51. The van der Waals surface area contributed by atoms with E-state index >= 15 is 0 Å². The lowest BCUT2D eigenvalue weighted by Crippen LogP contribution is -2.49. The van der Waals surface area contributed by atoms with Gasteiger partial charge in [0, 0.05) is 38.6 Å². The van der Waals surface area contributed by atoms with E-state index in [9.17, 15) is 4.79 Å². The van der Waals surface area contributed by atoms with Crippen LogP contribution in [0.1, 0.15) is 16.1 Å². The van der Waals surface area contributed by atoms with Crippen LogP contribution in [0, 0.1) is 6.92 Å². The molecule has 0 bridgehead atoms. The van der Waals surface area contributed by atoms with E-state index in [4.69, 9.17) is 0 Å². The third-order valence-corrected chi connectivity index (χ3v) is 3.58. The number of piperazine rings is 1. The van der Waals surface area contributed by atoms with Gasteiger partial charge in [0.1, 0.15) is 0 Å². The van der Waals surface area contributed by atoms with Crippen LogP contribution in [0.25, 0.3) is 0 Å². The van der Waals surface area contributed by atoms with Crippen LogP contribution in [0.4, 0.5) is 5.82 Å². The minimum atomic E-state index is 0.0396. The SMILES string of the molecule is Cc1ccc(N2CCN(C(=O)c3cccnc3)CC2)nn1. The van der Waals surface area contributed by atoms with Crippen molar-refractivity contribution in [3.63, 3.8) is 0 Å².